The summed E-state index contributed by atoms with van der Waals surface area (Å²) >= 11 is 0. The lowest BCUT2D eigenvalue weighted by Crippen LogP contribution is -2.49. The molecule has 158 valence electrons. The first kappa shape index (κ1) is 19.2. The first-order chi connectivity index (χ1) is 15.1. The topological polar surface area (TPSA) is 104 Å². The molecule has 3 aromatic heterocycles. The molecule has 1 saturated heterocycles. The molecule has 4 heterocycles. The average molecular weight is 417 g/mol. The molecule has 0 spiro atoms. The van der Waals surface area contributed by atoms with Crippen LogP contribution in [0.4, 0.5) is 5.82 Å². The fourth-order valence-electron chi connectivity index (χ4n) is 3.79. The fraction of sp³-hybridized carbons (Fsp3) is 0.318. The smallest absolute Gasteiger partial charge is 0.275 e. The van der Waals surface area contributed by atoms with Gasteiger partial charge in [0.1, 0.15) is 5.82 Å². The van der Waals surface area contributed by atoms with Crippen LogP contribution in [0.2, 0.25) is 0 Å². The zero-order valence-electron chi connectivity index (χ0n) is 17.4. The number of rotatable bonds is 4. The van der Waals surface area contributed by atoms with Gasteiger partial charge in [0, 0.05) is 43.7 Å². The highest BCUT2D eigenvalue weighted by molar-refractivity contribution is 6.04. The normalized spacial score (nSPS) is 14.5. The number of carbonyl (C=O) groups is 1. The maximum Gasteiger partial charge on any atom is 0.275 e. The third kappa shape index (κ3) is 3.52. The number of piperazine rings is 1. The second-order valence-electron chi connectivity index (χ2n) is 7.87. The quantitative estimate of drug-likeness (QED) is 0.544. The summed E-state index contributed by atoms with van der Waals surface area (Å²) in [6, 6.07) is 11.5. The van der Waals surface area contributed by atoms with Gasteiger partial charge in [0.15, 0.2) is 5.69 Å². The van der Waals surface area contributed by atoms with E-state index >= 15 is 0 Å². The SMILES string of the molecule is CC(C)c1nnc(-c2cccnc2N2CCN(C(=O)c3n[nH]c4ccccc34)CC2)o1. The van der Waals surface area contributed by atoms with Gasteiger partial charge in [-0.25, -0.2) is 4.98 Å². The van der Waals surface area contributed by atoms with Crippen LogP contribution >= 0.6 is 0 Å². The fourth-order valence-corrected chi connectivity index (χ4v) is 3.79. The summed E-state index contributed by atoms with van der Waals surface area (Å²) in [6.07, 6.45) is 1.76. The van der Waals surface area contributed by atoms with Crippen LogP contribution in [0.15, 0.2) is 47.0 Å². The highest BCUT2D eigenvalue weighted by Crippen LogP contribution is 2.30. The Labute approximate surface area is 179 Å². The third-order valence-electron chi connectivity index (χ3n) is 5.49. The van der Waals surface area contributed by atoms with E-state index in [2.05, 4.69) is 30.3 Å². The van der Waals surface area contributed by atoms with Crippen LogP contribution in [0, 0.1) is 0 Å². The minimum absolute atomic E-state index is 0.0585. The highest BCUT2D eigenvalue weighted by atomic mass is 16.4. The van der Waals surface area contributed by atoms with Gasteiger partial charge in [-0.2, -0.15) is 5.10 Å². The Morgan fingerprint density at radius 1 is 1.06 bits per heavy atom. The molecule has 9 nitrogen and oxygen atoms in total. The largest absolute Gasteiger partial charge is 0.420 e. The molecule has 0 aliphatic carbocycles. The molecule has 1 aromatic carbocycles. The van der Waals surface area contributed by atoms with Crippen molar-refractivity contribution in [2.45, 2.75) is 19.8 Å². The molecule has 31 heavy (non-hydrogen) atoms. The predicted octanol–water partition coefficient (Wildman–Crippen LogP) is 3.09. The molecular weight excluding hydrogens is 394 g/mol. The lowest BCUT2D eigenvalue weighted by molar-refractivity contribution is 0.0742. The van der Waals surface area contributed by atoms with Gasteiger partial charge in [0.25, 0.3) is 11.8 Å². The van der Waals surface area contributed by atoms with Crippen molar-refractivity contribution in [1.82, 2.24) is 30.3 Å². The molecule has 1 aliphatic rings. The zero-order valence-corrected chi connectivity index (χ0v) is 17.4. The van der Waals surface area contributed by atoms with Gasteiger partial charge in [-0.1, -0.05) is 32.0 Å². The van der Waals surface area contributed by atoms with Crippen molar-refractivity contribution in [3.63, 3.8) is 0 Å². The first-order valence-corrected chi connectivity index (χ1v) is 10.4. The summed E-state index contributed by atoms with van der Waals surface area (Å²) in [5.74, 6) is 1.96. The number of carbonyl (C=O) groups excluding carboxylic acids is 1. The van der Waals surface area contributed by atoms with Crippen molar-refractivity contribution in [2.75, 3.05) is 31.1 Å². The van der Waals surface area contributed by atoms with Crippen LogP contribution in [0.3, 0.4) is 0 Å². The molecule has 0 saturated carbocycles. The van der Waals surface area contributed by atoms with Crippen LogP contribution in [0.5, 0.6) is 0 Å². The molecule has 0 radical (unpaired) electrons. The summed E-state index contributed by atoms with van der Waals surface area (Å²) in [5, 5.41) is 16.4. The Morgan fingerprint density at radius 2 is 1.87 bits per heavy atom. The van der Waals surface area contributed by atoms with E-state index < -0.39 is 0 Å². The summed E-state index contributed by atoms with van der Waals surface area (Å²) in [5.41, 5.74) is 2.14. The van der Waals surface area contributed by atoms with Crippen molar-refractivity contribution in [2.24, 2.45) is 0 Å². The Morgan fingerprint density at radius 3 is 2.65 bits per heavy atom. The average Bonchev–Trinajstić information content (AvgIpc) is 3.47. The minimum Gasteiger partial charge on any atom is -0.420 e. The van der Waals surface area contributed by atoms with E-state index in [-0.39, 0.29) is 11.8 Å². The summed E-state index contributed by atoms with van der Waals surface area (Å²) in [7, 11) is 0. The maximum atomic E-state index is 13.0. The van der Waals surface area contributed by atoms with Crippen molar-refractivity contribution < 1.29 is 9.21 Å². The summed E-state index contributed by atoms with van der Waals surface area (Å²) < 4.78 is 5.85. The number of para-hydroxylation sites is 1. The first-order valence-electron chi connectivity index (χ1n) is 10.4. The van der Waals surface area contributed by atoms with E-state index in [4.69, 9.17) is 4.42 Å². The number of aromatic nitrogens is 5. The molecule has 5 rings (SSSR count). The highest BCUT2D eigenvalue weighted by Gasteiger charge is 2.27. The van der Waals surface area contributed by atoms with E-state index in [0.29, 0.717) is 43.7 Å². The molecule has 1 N–H and O–H groups in total. The van der Waals surface area contributed by atoms with Crippen LogP contribution in [-0.4, -0.2) is 62.4 Å². The second kappa shape index (κ2) is 7.82. The van der Waals surface area contributed by atoms with Gasteiger partial charge in [-0.05, 0) is 18.2 Å². The van der Waals surface area contributed by atoms with E-state index in [0.717, 1.165) is 22.3 Å². The number of hydrogen-bond donors (Lipinski definition) is 1. The number of aromatic amines is 1. The van der Waals surface area contributed by atoms with E-state index in [9.17, 15) is 4.79 Å². The lowest BCUT2D eigenvalue weighted by atomic mass is 10.1. The molecule has 1 fully saturated rings. The van der Waals surface area contributed by atoms with Crippen molar-refractivity contribution in [3.05, 3.63) is 54.2 Å². The molecule has 1 amide bonds. The van der Waals surface area contributed by atoms with Gasteiger partial charge < -0.3 is 14.2 Å². The number of nitrogens with one attached hydrogen (secondary N) is 1. The maximum absolute atomic E-state index is 13.0. The molecule has 0 unspecified atom stereocenters. The van der Waals surface area contributed by atoms with Gasteiger partial charge in [-0.15, -0.1) is 10.2 Å². The summed E-state index contributed by atoms with van der Waals surface area (Å²) in [6.45, 7) is 6.50. The number of hydrogen-bond acceptors (Lipinski definition) is 7. The third-order valence-corrected chi connectivity index (χ3v) is 5.49. The molecule has 0 bridgehead atoms. The Kier molecular flexibility index (Phi) is 4.85. The van der Waals surface area contributed by atoms with Gasteiger partial charge in [0.05, 0.1) is 11.1 Å². The lowest BCUT2D eigenvalue weighted by Gasteiger charge is -2.35. The van der Waals surface area contributed by atoms with Crippen molar-refractivity contribution in [1.29, 1.82) is 0 Å². The van der Waals surface area contributed by atoms with Crippen LogP contribution in [0.1, 0.15) is 36.1 Å². The number of fused-ring (bicyclic) bond motifs is 1. The van der Waals surface area contributed by atoms with Crippen LogP contribution in [0.25, 0.3) is 22.4 Å². The Bertz CT molecular complexity index is 1220. The van der Waals surface area contributed by atoms with Crippen LogP contribution < -0.4 is 4.90 Å². The van der Waals surface area contributed by atoms with E-state index in [1.54, 1.807) is 6.20 Å². The van der Waals surface area contributed by atoms with E-state index in [1.807, 2.05) is 55.1 Å². The number of anilines is 1. The monoisotopic (exact) mass is 417 g/mol. The number of benzene rings is 1. The van der Waals surface area contributed by atoms with Gasteiger partial charge in [0.2, 0.25) is 5.89 Å². The minimum atomic E-state index is -0.0585. The number of amides is 1. The zero-order chi connectivity index (χ0) is 21.4. The van der Waals surface area contributed by atoms with Crippen molar-refractivity contribution in [3.8, 4) is 11.5 Å². The Balaban J connectivity index is 1.33. The molecule has 0 atom stereocenters. The second-order valence-corrected chi connectivity index (χ2v) is 7.87. The molecule has 9 heteroatoms. The van der Waals surface area contributed by atoms with Crippen LogP contribution in [-0.2, 0) is 0 Å². The van der Waals surface area contributed by atoms with Gasteiger partial charge in [-0.3, -0.25) is 9.89 Å². The van der Waals surface area contributed by atoms with Gasteiger partial charge >= 0.3 is 0 Å². The molecule has 1 aliphatic heterocycles. The van der Waals surface area contributed by atoms with E-state index in [1.165, 1.54) is 0 Å². The number of pyridine rings is 1. The number of nitrogens with zero attached hydrogens (tertiary/aromatic N) is 6. The summed E-state index contributed by atoms with van der Waals surface area (Å²) in [4.78, 5) is 21.6. The number of H-pyrrole nitrogens is 1. The van der Waals surface area contributed by atoms with Crippen molar-refractivity contribution >= 4 is 22.6 Å². The predicted molar refractivity (Wildman–Crippen MR) is 116 cm³/mol. The molecular formula is C22H23N7O2. The standard InChI is InChI=1S/C22H23N7O2/c1-14(2)20-26-27-21(31-20)16-7-5-9-23-19(16)28-10-12-29(13-11-28)22(30)18-15-6-3-4-8-17(15)24-25-18/h3-9,14H,10-13H2,1-2H3,(H,24,25). The molecule has 4 aromatic rings. The Hall–Kier alpha value is -3.75.